The van der Waals surface area contributed by atoms with Crippen LogP contribution in [0.5, 0.6) is 0 Å². The molecule has 1 aromatic rings. The molecule has 5 heteroatoms. The zero-order valence-electron chi connectivity index (χ0n) is 16.9. The second kappa shape index (κ2) is 8.36. The van der Waals surface area contributed by atoms with Gasteiger partial charge in [0.15, 0.2) is 0 Å². The Labute approximate surface area is 164 Å². The Morgan fingerprint density at radius 3 is 2.30 bits per heavy atom. The van der Waals surface area contributed by atoms with Crippen molar-refractivity contribution < 1.29 is 8.42 Å². The molecule has 0 aromatic heterocycles. The van der Waals surface area contributed by atoms with Crippen molar-refractivity contribution in [2.45, 2.75) is 70.2 Å². The average molecular weight is 391 g/mol. The lowest BCUT2D eigenvalue weighted by molar-refractivity contribution is 0.170. The summed E-state index contributed by atoms with van der Waals surface area (Å²) in [7, 11) is -3.52. The van der Waals surface area contributed by atoms with Gasteiger partial charge in [-0.15, -0.1) is 0 Å². The van der Waals surface area contributed by atoms with Gasteiger partial charge >= 0.3 is 0 Å². The van der Waals surface area contributed by atoms with Gasteiger partial charge in [-0.05, 0) is 68.2 Å². The first-order valence-corrected chi connectivity index (χ1v) is 11.8. The van der Waals surface area contributed by atoms with E-state index < -0.39 is 10.0 Å². The van der Waals surface area contributed by atoms with Gasteiger partial charge in [-0.3, -0.25) is 0 Å². The van der Waals surface area contributed by atoms with Gasteiger partial charge in [-0.1, -0.05) is 44.8 Å². The smallest absolute Gasteiger partial charge is 0.243 e. The Morgan fingerprint density at radius 2 is 1.70 bits per heavy atom. The molecule has 0 spiro atoms. The summed E-state index contributed by atoms with van der Waals surface area (Å²) in [6.45, 7) is 7.31. The monoisotopic (exact) mass is 390 g/mol. The fraction of sp³-hybridized carbons (Fsp3) is 0.636. The molecule has 0 aliphatic heterocycles. The summed E-state index contributed by atoms with van der Waals surface area (Å²) in [4.78, 5) is 0.366. The highest BCUT2D eigenvalue weighted by Gasteiger charge is 2.37. The highest BCUT2D eigenvalue weighted by molar-refractivity contribution is 7.89. The van der Waals surface area contributed by atoms with E-state index in [0.717, 1.165) is 32.1 Å². The van der Waals surface area contributed by atoms with E-state index in [0.29, 0.717) is 34.9 Å². The van der Waals surface area contributed by atoms with Gasteiger partial charge in [0.05, 0.1) is 4.90 Å². The minimum atomic E-state index is -3.52. The molecule has 0 unspecified atom stereocenters. The van der Waals surface area contributed by atoms with Crippen LogP contribution in [0, 0.1) is 17.8 Å². The summed E-state index contributed by atoms with van der Waals surface area (Å²) < 4.78 is 29.0. The van der Waals surface area contributed by atoms with Crippen LogP contribution in [0.15, 0.2) is 40.8 Å². The predicted octanol–water partition coefficient (Wildman–Crippen LogP) is 4.83. The van der Waals surface area contributed by atoms with Crippen LogP contribution in [-0.4, -0.2) is 25.3 Å². The molecular formula is C22H34N2O2S. The van der Waals surface area contributed by atoms with E-state index in [-0.39, 0.29) is 6.04 Å². The molecule has 1 fully saturated rings. The maximum Gasteiger partial charge on any atom is 0.243 e. The van der Waals surface area contributed by atoms with Gasteiger partial charge in [0.1, 0.15) is 0 Å². The van der Waals surface area contributed by atoms with Gasteiger partial charge in [-0.2, -0.15) is 4.31 Å². The maximum absolute atomic E-state index is 13.6. The number of nitrogens with zero attached hydrogens (tertiary/aromatic N) is 1. The van der Waals surface area contributed by atoms with E-state index in [1.807, 2.05) is 4.31 Å². The third-order valence-corrected chi connectivity index (χ3v) is 8.39. The number of nitrogen functional groups attached to an aromatic ring is 1. The van der Waals surface area contributed by atoms with Gasteiger partial charge in [-0.25, -0.2) is 8.42 Å². The molecule has 0 bridgehead atoms. The Morgan fingerprint density at radius 1 is 1.07 bits per heavy atom. The minimum absolute atomic E-state index is 0.118. The van der Waals surface area contributed by atoms with E-state index >= 15 is 0 Å². The fourth-order valence-electron chi connectivity index (χ4n) is 4.96. The highest BCUT2D eigenvalue weighted by atomic mass is 32.2. The lowest BCUT2D eigenvalue weighted by Crippen LogP contribution is -2.46. The van der Waals surface area contributed by atoms with Crippen molar-refractivity contribution in [2.24, 2.45) is 17.8 Å². The first-order valence-electron chi connectivity index (χ1n) is 10.3. The van der Waals surface area contributed by atoms with Gasteiger partial charge in [0, 0.05) is 18.3 Å². The molecule has 2 aliphatic carbocycles. The first kappa shape index (κ1) is 20.4. The van der Waals surface area contributed by atoms with Crippen molar-refractivity contribution in [3.63, 3.8) is 0 Å². The number of hydrogen-bond acceptors (Lipinski definition) is 3. The molecule has 4 nitrogen and oxygen atoms in total. The number of anilines is 1. The summed E-state index contributed by atoms with van der Waals surface area (Å²) in [5, 5.41) is 0. The van der Waals surface area contributed by atoms with Crippen LogP contribution in [-0.2, 0) is 10.0 Å². The quantitative estimate of drug-likeness (QED) is 0.578. The zero-order chi connectivity index (χ0) is 19.6. The largest absolute Gasteiger partial charge is 0.399 e. The average Bonchev–Trinajstić information content (AvgIpc) is 2.62. The summed E-state index contributed by atoms with van der Waals surface area (Å²) in [5.74, 6) is 1.26. The molecular weight excluding hydrogens is 356 g/mol. The SMILES string of the molecule is CC1=C[C@@H](C)[C@H](CN(C2CCCCC2)S(=O)(=O)c2ccc(N)cc2)[C@@H](C)C1. The lowest BCUT2D eigenvalue weighted by Gasteiger charge is -2.40. The normalized spacial score (nSPS) is 27.6. The Hall–Kier alpha value is -1.33. The second-order valence-corrected chi connectivity index (χ2v) is 10.5. The highest BCUT2D eigenvalue weighted by Crippen LogP contribution is 2.37. The number of hydrogen-bond donors (Lipinski definition) is 1. The number of benzene rings is 1. The van der Waals surface area contributed by atoms with Crippen molar-refractivity contribution in [1.82, 2.24) is 4.31 Å². The molecule has 0 amide bonds. The van der Waals surface area contributed by atoms with Gasteiger partial charge in [0.2, 0.25) is 10.0 Å². The molecule has 0 saturated heterocycles. The van der Waals surface area contributed by atoms with E-state index in [4.69, 9.17) is 5.73 Å². The van der Waals surface area contributed by atoms with Crippen molar-refractivity contribution >= 4 is 15.7 Å². The molecule has 2 N–H and O–H groups in total. The molecule has 27 heavy (non-hydrogen) atoms. The van der Waals surface area contributed by atoms with Crippen molar-refractivity contribution in [3.05, 3.63) is 35.9 Å². The van der Waals surface area contributed by atoms with Gasteiger partial charge in [0.25, 0.3) is 0 Å². The first-order chi connectivity index (χ1) is 12.8. The van der Waals surface area contributed by atoms with Gasteiger partial charge < -0.3 is 5.73 Å². The summed E-state index contributed by atoms with van der Waals surface area (Å²) in [6.07, 6.45) is 8.79. The zero-order valence-corrected chi connectivity index (χ0v) is 17.7. The van der Waals surface area contributed by atoms with E-state index in [9.17, 15) is 8.42 Å². The molecule has 1 saturated carbocycles. The van der Waals surface area contributed by atoms with Crippen LogP contribution in [0.4, 0.5) is 5.69 Å². The summed E-state index contributed by atoms with van der Waals surface area (Å²) >= 11 is 0. The lowest BCUT2D eigenvalue weighted by atomic mass is 9.75. The van der Waals surface area contributed by atoms with Crippen LogP contribution < -0.4 is 5.73 Å². The standard InChI is InChI=1S/C22H34N2O2S/c1-16-13-17(2)22(18(3)14-16)15-24(20-7-5-4-6-8-20)27(25,26)21-11-9-19(23)10-12-21/h9-13,17-18,20,22H,4-8,14-15,23H2,1-3H3/t17-,18+,22+/m1/s1. The molecule has 1 aromatic carbocycles. The second-order valence-electron chi connectivity index (χ2n) is 8.65. The van der Waals surface area contributed by atoms with E-state index in [2.05, 4.69) is 26.8 Å². The van der Waals surface area contributed by atoms with Crippen molar-refractivity contribution in [1.29, 1.82) is 0 Å². The number of sulfonamides is 1. The Balaban J connectivity index is 1.92. The molecule has 2 aliphatic rings. The molecule has 0 heterocycles. The maximum atomic E-state index is 13.6. The number of rotatable bonds is 5. The molecule has 3 atom stereocenters. The molecule has 0 radical (unpaired) electrons. The van der Waals surface area contributed by atoms with Crippen LogP contribution in [0.25, 0.3) is 0 Å². The third-order valence-electron chi connectivity index (χ3n) is 6.46. The number of nitrogens with two attached hydrogens (primary N) is 1. The van der Waals surface area contributed by atoms with E-state index in [1.165, 1.54) is 12.0 Å². The van der Waals surface area contributed by atoms with Crippen LogP contribution in [0.1, 0.15) is 59.3 Å². The number of allylic oxidation sites excluding steroid dienone is 2. The Kier molecular flexibility index (Phi) is 6.32. The van der Waals surface area contributed by atoms with Crippen LogP contribution >= 0.6 is 0 Å². The topological polar surface area (TPSA) is 63.4 Å². The summed E-state index contributed by atoms with van der Waals surface area (Å²) in [6, 6.07) is 6.79. The predicted molar refractivity (Wildman–Crippen MR) is 112 cm³/mol. The fourth-order valence-corrected chi connectivity index (χ4v) is 6.68. The molecule has 150 valence electrons. The Bertz CT molecular complexity index is 764. The third kappa shape index (κ3) is 4.57. The van der Waals surface area contributed by atoms with E-state index in [1.54, 1.807) is 24.3 Å². The van der Waals surface area contributed by atoms with Crippen LogP contribution in [0.3, 0.4) is 0 Å². The summed E-state index contributed by atoms with van der Waals surface area (Å²) in [5.41, 5.74) is 7.79. The molecule has 3 rings (SSSR count). The van der Waals surface area contributed by atoms with Crippen molar-refractivity contribution in [2.75, 3.05) is 12.3 Å². The van der Waals surface area contributed by atoms with Crippen molar-refractivity contribution in [3.8, 4) is 0 Å². The minimum Gasteiger partial charge on any atom is -0.399 e. The van der Waals surface area contributed by atoms with Crippen LogP contribution in [0.2, 0.25) is 0 Å².